The van der Waals surface area contributed by atoms with Gasteiger partial charge in [0.15, 0.2) is 0 Å². The molecule has 1 fully saturated rings. The first-order chi connectivity index (χ1) is 5.29. The monoisotopic (exact) mass is 193 g/mol. The van der Waals surface area contributed by atoms with Crippen molar-refractivity contribution in [2.24, 2.45) is 5.41 Å². The summed E-state index contributed by atoms with van der Waals surface area (Å²) in [5.41, 5.74) is 0.126. The first-order valence-corrected chi connectivity index (χ1v) is 5.36. The maximum Gasteiger partial charge on any atom is 0.336 e. The van der Waals surface area contributed by atoms with Crippen molar-refractivity contribution in [3.8, 4) is 0 Å². The highest BCUT2D eigenvalue weighted by molar-refractivity contribution is 7.85. The SMILES string of the molecule is CC(C)(C)CC1COS(=O)(=O)N1. The lowest BCUT2D eigenvalue weighted by Crippen LogP contribution is -2.30. The van der Waals surface area contributed by atoms with Crippen LogP contribution in [0.1, 0.15) is 27.2 Å². The average Bonchev–Trinajstić information content (AvgIpc) is 2.05. The van der Waals surface area contributed by atoms with Crippen molar-refractivity contribution in [3.63, 3.8) is 0 Å². The van der Waals surface area contributed by atoms with Crippen molar-refractivity contribution in [3.05, 3.63) is 0 Å². The summed E-state index contributed by atoms with van der Waals surface area (Å²) in [6.07, 6.45) is 0.798. The maximum atomic E-state index is 10.8. The molecule has 0 amide bonds. The Hall–Kier alpha value is -0.130. The predicted octanol–water partition coefficient (Wildman–Crippen LogP) is 0.656. The quantitative estimate of drug-likeness (QED) is 0.665. The first kappa shape index (κ1) is 9.95. The summed E-state index contributed by atoms with van der Waals surface area (Å²) in [6.45, 7) is 6.47. The summed E-state index contributed by atoms with van der Waals surface area (Å²) in [5, 5.41) is 0. The summed E-state index contributed by atoms with van der Waals surface area (Å²) >= 11 is 0. The highest BCUT2D eigenvalue weighted by Crippen LogP contribution is 2.23. The third-order valence-corrected chi connectivity index (χ3v) is 2.66. The summed E-state index contributed by atoms with van der Waals surface area (Å²) < 4.78 is 28.6. The van der Waals surface area contributed by atoms with Crippen LogP contribution in [0.3, 0.4) is 0 Å². The predicted molar refractivity (Wildman–Crippen MR) is 45.9 cm³/mol. The van der Waals surface area contributed by atoms with E-state index in [0.717, 1.165) is 6.42 Å². The van der Waals surface area contributed by atoms with Crippen LogP contribution in [0, 0.1) is 5.41 Å². The molecule has 1 unspecified atom stereocenters. The molecule has 1 N–H and O–H groups in total. The van der Waals surface area contributed by atoms with Gasteiger partial charge in [0, 0.05) is 6.04 Å². The van der Waals surface area contributed by atoms with Crippen molar-refractivity contribution >= 4 is 10.3 Å². The molecule has 1 heterocycles. The van der Waals surface area contributed by atoms with E-state index in [-0.39, 0.29) is 18.1 Å². The third kappa shape index (κ3) is 3.08. The summed E-state index contributed by atoms with van der Waals surface area (Å²) in [5.74, 6) is 0. The van der Waals surface area contributed by atoms with Gasteiger partial charge >= 0.3 is 10.3 Å². The smallest absolute Gasteiger partial charge is 0.256 e. The van der Waals surface area contributed by atoms with Crippen LogP contribution in [0.5, 0.6) is 0 Å². The van der Waals surface area contributed by atoms with Gasteiger partial charge in [-0.15, -0.1) is 0 Å². The van der Waals surface area contributed by atoms with E-state index in [0.29, 0.717) is 0 Å². The topological polar surface area (TPSA) is 55.4 Å². The molecular weight excluding hydrogens is 178 g/mol. The molecule has 0 spiro atoms. The van der Waals surface area contributed by atoms with Gasteiger partial charge in [-0.05, 0) is 11.8 Å². The Morgan fingerprint density at radius 2 is 2.08 bits per heavy atom. The van der Waals surface area contributed by atoms with Gasteiger partial charge in [0.1, 0.15) is 0 Å². The van der Waals surface area contributed by atoms with Gasteiger partial charge in [0.05, 0.1) is 6.61 Å². The minimum Gasteiger partial charge on any atom is -0.256 e. The highest BCUT2D eigenvalue weighted by Gasteiger charge is 2.30. The van der Waals surface area contributed by atoms with Gasteiger partial charge in [-0.1, -0.05) is 20.8 Å². The minimum absolute atomic E-state index is 0.0602. The zero-order chi connectivity index (χ0) is 9.41. The molecule has 5 heteroatoms. The molecule has 0 radical (unpaired) electrons. The van der Waals surface area contributed by atoms with Gasteiger partial charge < -0.3 is 0 Å². The summed E-state index contributed by atoms with van der Waals surface area (Å²) in [7, 11) is -3.42. The molecule has 1 aliphatic heterocycles. The van der Waals surface area contributed by atoms with Crippen LogP contribution in [0.15, 0.2) is 0 Å². The van der Waals surface area contributed by atoms with Gasteiger partial charge in [-0.25, -0.2) is 0 Å². The van der Waals surface area contributed by atoms with Gasteiger partial charge in [-0.2, -0.15) is 13.1 Å². The van der Waals surface area contributed by atoms with Crippen LogP contribution in [0.2, 0.25) is 0 Å². The fourth-order valence-corrected chi connectivity index (χ4v) is 2.25. The van der Waals surface area contributed by atoms with Crippen molar-refractivity contribution in [1.29, 1.82) is 0 Å². The number of hydrogen-bond donors (Lipinski definition) is 1. The summed E-state index contributed by atoms with van der Waals surface area (Å²) in [4.78, 5) is 0. The van der Waals surface area contributed by atoms with Crippen LogP contribution >= 0.6 is 0 Å². The molecule has 12 heavy (non-hydrogen) atoms. The number of hydrogen-bond acceptors (Lipinski definition) is 3. The Morgan fingerprint density at radius 3 is 2.42 bits per heavy atom. The highest BCUT2D eigenvalue weighted by atomic mass is 32.2. The van der Waals surface area contributed by atoms with Crippen LogP contribution in [0.4, 0.5) is 0 Å². The summed E-state index contributed by atoms with van der Waals surface area (Å²) in [6, 6.07) is -0.0602. The second-order valence-electron chi connectivity index (χ2n) is 4.32. The second-order valence-corrected chi connectivity index (χ2v) is 5.70. The van der Waals surface area contributed by atoms with E-state index in [2.05, 4.69) is 29.7 Å². The lowest BCUT2D eigenvalue weighted by atomic mass is 9.89. The zero-order valence-corrected chi connectivity index (χ0v) is 8.44. The molecule has 0 aromatic carbocycles. The largest absolute Gasteiger partial charge is 0.336 e. The standard InChI is InChI=1S/C7H15NO3S/c1-7(2,3)4-6-5-11-12(9,10)8-6/h6,8H,4-5H2,1-3H3. The fourth-order valence-electron chi connectivity index (χ4n) is 1.28. The minimum atomic E-state index is -3.42. The molecule has 1 rings (SSSR count). The van der Waals surface area contributed by atoms with Crippen LogP contribution in [-0.4, -0.2) is 21.1 Å². The molecule has 0 aromatic heterocycles. The molecule has 0 aliphatic carbocycles. The Balaban J connectivity index is 2.49. The molecule has 72 valence electrons. The zero-order valence-electron chi connectivity index (χ0n) is 7.62. The molecular formula is C7H15NO3S. The van der Waals surface area contributed by atoms with Crippen molar-refractivity contribution in [2.45, 2.75) is 33.2 Å². The Kier molecular flexibility index (Phi) is 2.47. The lowest BCUT2D eigenvalue weighted by Gasteiger charge is -2.20. The molecule has 0 bridgehead atoms. The van der Waals surface area contributed by atoms with Gasteiger partial charge in [-0.3, -0.25) is 4.18 Å². The van der Waals surface area contributed by atoms with E-state index in [1.54, 1.807) is 0 Å². The Morgan fingerprint density at radius 1 is 1.50 bits per heavy atom. The fraction of sp³-hybridized carbons (Fsp3) is 1.00. The van der Waals surface area contributed by atoms with E-state index in [9.17, 15) is 8.42 Å². The van der Waals surface area contributed by atoms with E-state index in [1.165, 1.54) is 0 Å². The van der Waals surface area contributed by atoms with E-state index in [4.69, 9.17) is 0 Å². The molecule has 0 aromatic rings. The Bertz CT molecular complexity index is 252. The van der Waals surface area contributed by atoms with Crippen molar-refractivity contribution in [1.82, 2.24) is 4.72 Å². The second kappa shape index (κ2) is 2.97. The van der Waals surface area contributed by atoms with Crippen LogP contribution < -0.4 is 4.72 Å². The maximum absolute atomic E-state index is 10.8. The molecule has 1 aliphatic rings. The Labute approximate surface area is 73.6 Å². The van der Waals surface area contributed by atoms with Gasteiger partial charge in [0.2, 0.25) is 0 Å². The van der Waals surface area contributed by atoms with Crippen LogP contribution in [0.25, 0.3) is 0 Å². The molecule has 1 atom stereocenters. The van der Waals surface area contributed by atoms with Crippen molar-refractivity contribution in [2.75, 3.05) is 6.61 Å². The molecule has 1 saturated heterocycles. The van der Waals surface area contributed by atoms with Gasteiger partial charge in [0.25, 0.3) is 0 Å². The van der Waals surface area contributed by atoms with E-state index < -0.39 is 10.3 Å². The lowest BCUT2D eigenvalue weighted by molar-refractivity contribution is 0.278. The van der Waals surface area contributed by atoms with Crippen LogP contribution in [-0.2, 0) is 14.5 Å². The molecule has 0 saturated carbocycles. The number of rotatable bonds is 1. The third-order valence-electron chi connectivity index (χ3n) is 1.59. The van der Waals surface area contributed by atoms with E-state index >= 15 is 0 Å². The molecule has 4 nitrogen and oxygen atoms in total. The first-order valence-electron chi connectivity index (χ1n) is 3.95. The normalized spacial score (nSPS) is 29.1. The van der Waals surface area contributed by atoms with Crippen molar-refractivity contribution < 1.29 is 12.6 Å². The van der Waals surface area contributed by atoms with E-state index in [1.807, 2.05) is 0 Å². The average molecular weight is 193 g/mol. The number of nitrogens with one attached hydrogen (secondary N) is 1.